The maximum Gasteiger partial charge on any atom is 0.131 e. The van der Waals surface area contributed by atoms with E-state index in [1.807, 2.05) is 31.1 Å². The number of nitrogens with one attached hydrogen (secondary N) is 1. The van der Waals surface area contributed by atoms with E-state index in [9.17, 15) is 0 Å². The highest BCUT2D eigenvalue weighted by atomic mass is 35.5. The lowest BCUT2D eigenvalue weighted by Crippen LogP contribution is -2.21. The first-order chi connectivity index (χ1) is 10.9. The van der Waals surface area contributed by atoms with Crippen molar-refractivity contribution in [3.05, 3.63) is 34.7 Å². The molecule has 23 heavy (non-hydrogen) atoms. The molecule has 0 saturated heterocycles. The Labute approximate surface area is 142 Å². The van der Waals surface area contributed by atoms with Gasteiger partial charge in [-0.25, -0.2) is 4.98 Å². The van der Waals surface area contributed by atoms with E-state index in [4.69, 9.17) is 16.7 Å². The zero-order chi connectivity index (χ0) is 17.0. The van der Waals surface area contributed by atoms with Crippen molar-refractivity contribution in [2.24, 2.45) is 7.05 Å². The van der Waals surface area contributed by atoms with Crippen LogP contribution in [-0.2, 0) is 13.6 Å². The first kappa shape index (κ1) is 17.6. The molecule has 2 rings (SSSR count). The van der Waals surface area contributed by atoms with E-state index < -0.39 is 0 Å². The van der Waals surface area contributed by atoms with Gasteiger partial charge >= 0.3 is 0 Å². The fourth-order valence-corrected chi connectivity index (χ4v) is 2.57. The van der Waals surface area contributed by atoms with Gasteiger partial charge in [-0.2, -0.15) is 5.10 Å². The molecule has 0 bridgehead atoms. The lowest BCUT2D eigenvalue weighted by molar-refractivity contribution is 0.304. The van der Waals surface area contributed by atoms with Crippen LogP contribution in [0.5, 0.6) is 0 Å². The lowest BCUT2D eigenvalue weighted by atomic mass is 10.1. The van der Waals surface area contributed by atoms with Gasteiger partial charge in [0.1, 0.15) is 11.0 Å². The van der Waals surface area contributed by atoms with Crippen LogP contribution >= 0.6 is 11.6 Å². The average molecular weight is 338 g/mol. The van der Waals surface area contributed by atoms with Gasteiger partial charge in [0.05, 0.1) is 24.2 Å². The zero-order valence-corrected chi connectivity index (χ0v) is 14.8. The van der Waals surface area contributed by atoms with Crippen LogP contribution in [0.15, 0.2) is 18.3 Å². The SMILES string of the molecule is CC(C)c1nn(C)c(Cl)c1CNc1ccc(N(C)CCO)cn1. The molecule has 0 saturated carbocycles. The Kier molecular flexibility index (Phi) is 5.85. The molecule has 7 heteroatoms. The molecule has 0 amide bonds. The summed E-state index contributed by atoms with van der Waals surface area (Å²) >= 11 is 6.34. The van der Waals surface area contributed by atoms with Gasteiger partial charge in [0.15, 0.2) is 0 Å². The molecule has 0 atom stereocenters. The molecule has 0 unspecified atom stereocenters. The quantitative estimate of drug-likeness (QED) is 0.813. The van der Waals surface area contributed by atoms with Crippen molar-refractivity contribution in [3.8, 4) is 0 Å². The minimum atomic E-state index is 0.119. The van der Waals surface area contributed by atoms with E-state index in [2.05, 4.69) is 29.2 Å². The largest absolute Gasteiger partial charge is 0.395 e. The van der Waals surface area contributed by atoms with Crippen LogP contribution < -0.4 is 10.2 Å². The van der Waals surface area contributed by atoms with Crippen LogP contribution in [0.1, 0.15) is 31.0 Å². The van der Waals surface area contributed by atoms with Gasteiger partial charge in [-0.15, -0.1) is 0 Å². The molecule has 126 valence electrons. The van der Waals surface area contributed by atoms with Gasteiger partial charge < -0.3 is 15.3 Å². The summed E-state index contributed by atoms with van der Waals surface area (Å²) < 4.78 is 1.70. The maximum atomic E-state index is 8.97. The third kappa shape index (κ3) is 4.14. The molecule has 0 aliphatic rings. The maximum absolute atomic E-state index is 8.97. The van der Waals surface area contributed by atoms with Gasteiger partial charge in [0, 0.05) is 32.7 Å². The fourth-order valence-electron chi connectivity index (χ4n) is 2.37. The van der Waals surface area contributed by atoms with Crippen molar-refractivity contribution in [1.29, 1.82) is 0 Å². The van der Waals surface area contributed by atoms with Crippen LogP contribution in [0, 0.1) is 0 Å². The molecular weight excluding hydrogens is 314 g/mol. The standard InChI is InChI=1S/C16H24ClN5O/c1-11(2)15-13(16(17)22(4)20-15)10-19-14-6-5-12(9-18-14)21(3)7-8-23/h5-6,9,11,23H,7-8,10H2,1-4H3,(H,18,19). The molecule has 6 nitrogen and oxygen atoms in total. The highest BCUT2D eigenvalue weighted by Crippen LogP contribution is 2.26. The summed E-state index contributed by atoms with van der Waals surface area (Å²) in [7, 11) is 3.77. The monoisotopic (exact) mass is 337 g/mol. The van der Waals surface area contributed by atoms with Gasteiger partial charge in [-0.1, -0.05) is 25.4 Å². The van der Waals surface area contributed by atoms with Gasteiger partial charge in [0.2, 0.25) is 0 Å². The molecule has 2 aromatic rings. The van der Waals surface area contributed by atoms with E-state index in [1.54, 1.807) is 10.9 Å². The number of anilines is 2. The summed E-state index contributed by atoms with van der Waals surface area (Å²) in [5, 5.41) is 17.4. The first-order valence-corrected chi connectivity index (χ1v) is 8.05. The molecule has 2 heterocycles. The Bertz CT molecular complexity index is 639. The number of halogens is 1. The molecule has 0 fully saturated rings. The van der Waals surface area contributed by atoms with Crippen LogP contribution in [-0.4, -0.2) is 40.1 Å². The Hall–Kier alpha value is -1.79. The molecule has 0 aliphatic heterocycles. The zero-order valence-electron chi connectivity index (χ0n) is 14.0. The third-order valence-electron chi connectivity index (χ3n) is 3.72. The highest BCUT2D eigenvalue weighted by molar-refractivity contribution is 6.30. The number of aromatic nitrogens is 3. The van der Waals surface area contributed by atoms with Crippen LogP contribution in [0.2, 0.25) is 5.15 Å². The number of nitrogens with zero attached hydrogens (tertiary/aromatic N) is 4. The smallest absolute Gasteiger partial charge is 0.131 e. The number of aliphatic hydroxyl groups excluding tert-OH is 1. The number of hydrogen-bond acceptors (Lipinski definition) is 5. The van der Waals surface area contributed by atoms with Crippen molar-refractivity contribution >= 4 is 23.1 Å². The summed E-state index contributed by atoms with van der Waals surface area (Å²) in [5.41, 5.74) is 2.98. The van der Waals surface area contributed by atoms with E-state index in [1.165, 1.54) is 0 Å². The Morgan fingerprint density at radius 1 is 1.39 bits per heavy atom. The van der Waals surface area contributed by atoms with E-state index in [0.29, 0.717) is 24.2 Å². The van der Waals surface area contributed by atoms with E-state index in [-0.39, 0.29) is 6.61 Å². The minimum absolute atomic E-state index is 0.119. The number of aryl methyl sites for hydroxylation is 1. The predicted molar refractivity (Wildman–Crippen MR) is 94.2 cm³/mol. The number of rotatable bonds is 7. The number of pyridine rings is 1. The van der Waals surface area contributed by atoms with Gasteiger partial charge in [-0.05, 0) is 18.1 Å². The molecule has 2 aromatic heterocycles. The fraction of sp³-hybridized carbons (Fsp3) is 0.500. The second-order valence-corrected chi connectivity index (χ2v) is 6.19. The molecule has 0 aliphatic carbocycles. The van der Waals surface area contributed by atoms with Crippen molar-refractivity contribution in [1.82, 2.24) is 14.8 Å². The number of hydrogen-bond donors (Lipinski definition) is 2. The summed E-state index contributed by atoms with van der Waals surface area (Å²) in [4.78, 5) is 6.35. The minimum Gasteiger partial charge on any atom is -0.395 e. The van der Waals surface area contributed by atoms with Crippen molar-refractivity contribution in [2.45, 2.75) is 26.3 Å². The summed E-state index contributed by atoms with van der Waals surface area (Å²) in [6, 6.07) is 3.89. The summed E-state index contributed by atoms with van der Waals surface area (Å²) in [6.07, 6.45) is 1.78. The van der Waals surface area contributed by atoms with Crippen LogP contribution in [0.3, 0.4) is 0 Å². The second kappa shape index (κ2) is 7.66. The summed E-state index contributed by atoms with van der Waals surface area (Å²) in [5.74, 6) is 1.09. The lowest BCUT2D eigenvalue weighted by Gasteiger charge is -2.17. The molecule has 0 spiro atoms. The molecule has 2 N–H and O–H groups in total. The van der Waals surface area contributed by atoms with Crippen molar-refractivity contribution in [3.63, 3.8) is 0 Å². The Morgan fingerprint density at radius 3 is 2.70 bits per heavy atom. The normalized spacial score (nSPS) is 11.1. The van der Waals surface area contributed by atoms with Crippen molar-refractivity contribution < 1.29 is 5.11 Å². The molecular formula is C16H24ClN5O. The van der Waals surface area contributed by atoms with Gasteiger partial charge in [0.25, 0.3) is 0 Å². The van der Waals surface area contributed by atoms with Crippen LogP contribution in [0.4, 0.5) is 11.5 Å². The Morgan fingerprint density at radius 2 is 2.13 bits per heavy atom. The predicted octanol–water partition coefficient (Wildman–Crippen LogP) is 2.63. The average Bonchev–Trinajstić information content (AvgIpc) is 2.81. The molecule has 0 aromatic carbocycles. The van der Waals surface area contributed by atoms with Gasteiger partial charge in [-0.3, -0.25) is 4.68 Å². The van der Waals surface area contributed by atoms with Crippen molar-refractivity contribution in [2.75, 3.05) is 30.4 Å². The topological polar surface area (TPSA) is 66.2 Å². The summed E-state index contributed by atoms with van der Waals surface area (Å²) in [6.45, 7) is 5.49. The molecule has 0 radical (unpaired) electrons. The number of aliphatic hydroxyl groups is 1. The van der Waals surface area contributed by atoms with E-state index in [0.717, 1.165) is 22.8 Å². The first-order valence-electron chi connectivity index (χ1n) is 7.67. The second-order valence-electron chi connectivity index (χ2n) is 5.83. The Balaban J connectivity index is 2.07. The number of likely N-dealkylation sites (N-methyl/N-ethyl adjacent to an activating group) is 1. The highest BCUT2D eigenvalue weighted by Gasteiger charge is 2.17. The third-order valence-corrected chi connectivity index (χ3v) is 4.19. The van der Waals surface area contributed by atoms with E-state index >= 15 is 0 Å². The van der Waals surface area contributed by atoms with Crippen LogP contribution in [0.25, 0.3) is 0 Å².